The summed E-state index contributed by atoms with van der Waals surface area (Å²) in [5.41, 5.74) is 6.46. The molecule has 0 spiro atoms. The zero-order chi connectivity index (χ0) is 8.84. The van der Waals surface area contributed by atoms with Crippen molar-refractivity contribution in [2.45, 2.75) is 31.7 Å². The van der Waals surface area contributed by atoms with Crippen LogP contribution in [-0.4, -0.2) is 9.78 Å². The van der Waals surface area contributed by atoms with E-state index in [0.29, 0.717) is 6.04 Å². The standard InChI is InChI=1S/C10H15N3/c11-9-5-12-13(6-9)10-4-7-1-2-8(10)3-7/h5-8,10H,1-4,11H2. The quantitative estimate of drug-likeness (QED) is 0.711. The minimum atomic E-state index is 0.649. The number of hydrogen-bond donors (Lipinski definition) is 1. The molecule has 2 aliphatic rings. The Labute approximate surface area is 77.9 Å². The number of nitrogens with zero attached hydrogens (tertiary/aromatic N) is 2. The maximum absolute atomic E-state index is 5.66. The Morgan fingerprint density at radius 3 is 2.85 bits per heavy atom. The Hall–Kier alpha value is -0.990. The van der Waals surface area contributed by atoms with Gasteiger partial charge in [-0.15, -0.1) is 0 Å². The molecule has 1 aromatic rings. The first-order chi connectivity index (χ1) is 6.33. The van der Waals surface area contributed by atoms with Crippen molar-refractivity contribution in [3.8, 4) is 0 Å². The average molecular weight is 177 g/mol. The van der Waals surface area contributed by atoms with Crippen LogP contribution >= 0.6 is 0 Å². The van der Waals surface area contributed by atoms with Crippen LogP contribution in [0, 0.1) is 11.8 Å². The molecule has 2 saturated carbocycles. The molecule has 2 bridgehead atoms. The second kappa shape index (κ2) is 2.50. The Bertz CT molecular complexity index is 318. The van der Waals surface area contributed by atoms with Crippen LogP contribution in [0.2, 0.25) is 0 Å². The van der Waals surface area contributed by atoms with Crippen LogP contribution in [0.25, 0.3) is 0 Å². The highest BCUT2D eigenvalue weighted by molar-refractivity contribution is 5.30. The molecule has 1 heterocycles. The Balaban J connectivity index is 1.87. The van der Waals surface area contributed by atoms with Crippen molar-refractivity contribution in [2.75, 3.05) is 5.73 Å². The first-order valence-corrected chi connectivity index (χ1v) is 5.12. The van der Waals surface area contributed by atoms with Gasteiger partial charge in [0.25, 0.3) is 0 Å². The third-order valence-corrected chi connectivity index (χ3v) is 3.66. The Morgan fingerprint density at radius 2 is 2.31 bits per heavy atom. The van der Waals surface area contributed by atoms with E-state index in [1.165, 1.54) is 25.7 Å². The normalized spacial score (nSPS) is 37.1. The molecular weight excluding hydrogens is 162 g/mol. The topological polar surface area (TPSA) is 43.8 Å². The lowest BCUT2D eigenvalue weighted by molar-refractivity contribution is 0.307. The zero-order valence-corrected chi connectivity index (χ0v) is 7.69. The summed E-state index contributed by atoms with van der Waals surface area (Å²) in [6.45, 7) is 0. The molecule has 2 fully saturated rings. The van der Waals surface area contributed by atoms with Gasteiger partial charge in [0.1, 0.15) is 0 Å². The third kappa shape index (κ3) is 1.06. The second-order valence-electron chi connectivity index (χ2n) is 4.50. The summed E-state index contributed by atoms with van der Waals surface area (Å²) in [4.78, 5) is 0. The molecule has 13 heavy (non-hydrogen) atoms. The smallest absolute Gasteiger partial charge is 0.0719 e. The number of hydrogen-bond acceptors (Lipinski definition) is 2. The summed E-state index contributed by atoms with van der Waals surface area (Å²) in [5, 5.41) is 4.31. The second-order valence-corrected chi connectivity index (χ2v) is 4.50. The minimum Gasteiger partial charge on any atom is -0.396 e. The molecule has 2 N–H and O–H groups in total. The van der Waals surface area contributed by atoms with E-state index in [1.54, 1.807) is 6.20 Å². The zero-order valence-electron chi connectivity index (χ0n) is 7.69. The predicted octanol–water partition coefficient (Wildman–Crippen LogP) is 1.83. The van der Waals surface area contributed by atoms with E-state index in [1.807, 2.05) is 6.20 Å². The molecule has 70 valence electrons. The fraction of sp³-hybridized carbons (Fsp3) is 0.700. The van der Waals surface area contributed by atoms with E-state index in [2.05, 4.69) is 9.78 Å². The van der Waals surface area contributed by atoms with E-state index in [-0.39, 0.29) is 0 Å². The van der Waals surface area contributed by atoms with E-state index in [0.717, 1.165) is 17.5 Å². The van der Waals surface area contributed by atoms with Crippen LogP contribution in [-0.2, 0) is 0 Å². The maximum atomic E-state index is 5.66. The van der Waals surface area contributed by atoms with Crippen LogP contribution in [0.1, 0.15) is 31.7 Å². The molecule has 3 unspecified atom stereocenters. The summed E-state index contributed by atoms with van der Waals surface area (Å²) < 4.78 is 2.08. The molecule has 1 aromatic heterocycles. The van der Waals surface area contributed by atoms with Crippen molar-refractivity contribution >= 4 is 5.69 Å². The van der Waals surface area contributed by atoms with Gasteiger partial charge in [-0.3, -0.25) is 4.68 Å². The number of rotatable bonds is 1. The predicted molar refractivity (Wildman–Crippen MR) is 51.1 cm³/mol. The summed E-state index contributed by atoms with van der Waals surface area (Å²) in [5.74, 6) is 1.85. The molecule has 3 heteroatoms. The number of anilines is 1. The highest BCUT2D eigenvalue weighted by Crippen LogP contribution is 2.50. The van der Waals surface area contributed by atoms with E-state index in [9.17, 15) is 0 Å². The number of fused-ring (bicyclic) bond motifs is 2. The van der Waals surface area contributed by atoms with Gasteiger partial charge >= 0.3 is 0 Å². The summed E-state index contributed by atoms with van der Waals surface area (Å²) in [6, 6.07) is 0.649. The third-order valence-electron chi connectivity index (χ3n) is 3.66. The van der Waals surface area contributed by atoms with Crippen molar-refractivity contribution < 1.29 is 0 Å². The van der Waals surface area contributed by atoms with Gasteiger partial charge in [0.05, 0.1) is 17.9 Å². The first-order valence-electron chi connectivity index (χ1n) is 5.12. The minimum absolute atomic E-state index is 0.649. The number of nitrogens with two attached hydrogens (primary N) is 1. The Morgan fingerprint density at radius 1 is 1.38 bits per heavy atom. The molecular formula is C10H15N3. The largest absolute Gasteiger partial charge is 0.396 e. The molecule has 0 aliphatic heterocycles. The molecule has 3 rings (SSSR count). The van der Waals surface area contributed by atoms with Gasteiger partial charge in [0.2, 0.25) is 0 Å². The summed E-state index contributed by atoms with van der Waals surface area (Å²) in [7, 11) is 0. The van der Waals surface area contributed by atoms with Gasteiger partial charge in [0.15, 0.2) is 0 Å². The maximum Gasteiger partial charge on any atom is 0.0719 e. The number of aromatic nitrogens is 2. The first kappa shape index (κ1) is 7.42. The van der Waals surface area contributed by atoms with Crippen molar-refractivity contribution in [1.82, 2.24) is 9.78 Å². The highest BCUT2D eigenvalue weighted by Gasteiger charge is 2.40. The van der Waals surface area contributed by atoms with Crippen LogP contribution in [0.5, 0.6) is 0 Å². The van der Waals surface area contributed by atoms with Crippen molar-refractivity contribution in [3.05, 3.63) is 12.4 Å². The average Bonchev–Trinajstić information content (AvgIpc) is 2.77. The highest BCUT2D eigenvalue weighted by atomic mass is 15.3. The van der Waals surface area contributed by atoms with Gasteiger partial charge in [0, 0.05) is 6.20 Å². The molecule has 3 atom stereocenters. The van der Waals surface area contributed by atoms with Crippen molar-refractivity contribution in [3.63, 3.8) is 0 Å². The van der Waals surface area contributed by atoms with Crippen LogP contribution in [0.4, 0.5) is 5.69 Å². The lowest BCUT2D eigenvalue weighted by Gasteiger charge is -2.21. The van der Waals surface area contributed by atoms with Gasteiger partial charge in [-0.1, -0.05) is 6.42 Å². The molecule has 0 aromatic carbocycles. The lowest BCUT2D eigenvalue weighted by atomic mass is 9.96. The van der Waals surface area contributed by atoms with Gasteiger partial charge < -0.3 is 5.73 Å². The summed E-state index contributed by atoms with van der Waals surface area (Å²) in [6.07, 6.45) is 9.32. The van der Waals surface area contributed by atoms with Gasteiger partial charge in [-0.25, -0.2) is 0 Å². The van der Waals surface area contributed by atoms with E-state index >= 15 is 0 Å². The molecule has 0 radical (unpaired) electrons. The SMILES string of the molecule is Nc1cnn(C2CC3CCC2C3)c1. The molecule has 0 saturated heterocycles. The van der Waals surface area contributed by atoms with E-state index in [4.69, 9.17) is 5.73 Å². The molecule has 0 amide bonds. The fourth-order valence-electron chi connectivity index (χ4n) is 3.07. The van der Waals surface area contributed by atoms with Crippen molar-refractivity contribution in [1.29, 1.82) is 0 Å². The number of nitrogen functional groups attached to an aromatic ring is 1. The van der Waals surface area contributed by atoms with Crippen LogP contribution < -0.4 is 5.73 Å². The Kier molecular flexibility index (Phi) is 1.43. The molecule has 3 nitrogen and oxygen atoms in total. The summed E-state index contributed by atoms with van der Waals surface area (Å²) >= 11 is 0. The van der Waals surface area contributed by atoms with Crippen molar-refractivity contribution in [2.24, 2.45) is 11.8 Å². The van der Waals surface area contributed by atoms with Gasteiger partial charge in [-0.2, -0.15) is 5.10 Å². The lowest BCUT2D eigenvalue weighted by Crippen LogP contribution is -2.16. The van der Waals surface area contributed by atoms with Gasteiger partial charge in [-0.05, 0) is 31.1 Å². The monoisotopic (exact) mass is 177 g/mol. The van der Waals surface area contributed by atoms with E-state index < -0.39 is 0 Å². The van der Waals surface area contributed by atoms with Crippen LogP contribution in [0.15, 0.2) is 12.4 Å². The fourth-order valence-corrected chi connectivity index (χ4v) is 3.07. The van der Waals surface area contributed by atoms with Crippen LogP contribution in [0.3, 0.4) is 0 Å². The molecule has 2 aliphatic carbocycles.